The van der Waals surface area contributed by atoms with Crippen LogP contribution in [0.15, 0.2) is 6.20 Å². The number of rotatable bonds is 4. The summed E-state index contributed by atoms with van der Waals surface area (Å²) in [4.78, 5) is 21.8. The normalized spacial score (nSPS) is 19.9. The summed E-state index contributed by atoms with van der Waals surface area (Å²) in [6.07, 6.45) is 3.82. The van der Waals surface area contributed by atoms with Crippen molar-refractivity contribution in [2.75, 3.05) is 44.8 Å². The highest BCUT2D eigenvalue weighted by Crippen LogP contribution is 2.27. The number of nitrogens with zero attached hydrogens (tertiary/aromatic N) is 3. The number of methoxy groups -OCH3 is 1. The van der Waals surface area contributed by atoms with E-state index in [9.17, 15) is 4.79 Å². The zero-order valence-corrected chi connectivity index (χ0v) is 16.4. The minimum atomic E-state index is 0.209. The first-order valence-corrected chi connectivity index (χ1v) is 10.3. The van der Waals surface area contributed by atoms with Crippen LogP contribution in [0.4, 0.5) is 0 Å². The quantitative estimate of drug-likeness (QED) is 0.822. The Morgan fingerprint density at radius 1 is 1.24 bits per heavy atom. The largest absolute Gasteiger partial charge is 0.496 e. The van der Waals surface area contributed by atoms with Crippen molar-refractivity contribution >= 4 is 17.7 Å². The maximum atomic E-state index is 12.7. The minimum absolute atomic E-state index is 0.209. The highest BCUT2D eigenvalue weighted by Gasteiger charge is 2.29. The Balaban J connectivity index is 1.55. The van der Waals surface area contributed by atoms with Gasteiger partial charge in [0.1, 0.15) is 5.75 Å². The molecule has 0 atom stereocenters. The first-order valence-electron chi connectivity index (χ1n) is 9.18. The minimum Gasteiger partial charge on any atom is -0.496 e. The summed E-state index contributed by atoms with van der Waals surface area (Å²) >= 11 is 1.95. The van der Waals surface area contributed by atoms with Gasteiger partial charge in [0.2, 0.25) is 5.91 Å². The summed E-state index contributed by atoms with van der Waals surface area (Å²) in [6, 6.07) is 0. The Bertz CT molecular complexity index is 609. The van der Waals surface area contributed by atoms with Crippen molar-refractivity contribution in [3.05, 3.63) is 23.0 Å². The molecule has 25 heavy (non-hydrogen) atoms. The van der Waals surface area contributed by atoms with Crippen molar-refractivity contribution in [1.82, 2.24) is 14.8 Å². The first kappa shape index (κ1) is 18.5. The van der Waals surface area contributed by atoms with Crippen LogP contribution in [-0.2, 0) is 11.3 Å². The highest BCUT2D eigenvalue weighted by atomic mass is 32.2. The number of carbonyl (C=O) groups is 1. The zero-order chi connectivity index (χ0) is 17.8. The van der Waals surface area contributed by atoms with Crippen molar-refractivity contribution in [2.24, 2.45) is 5.92 Å². The molecular weight excluding hydrogens is 334 g/mol. The summed E-state index contributed by atoms with van der Waals surface area (Å²) in [5, 5.41) is 0. The van der Waals surface area contributed by atoms with Gasteiger partial charge in [-0.3, -0.25) is 14.7 Å². The average molecular weight is 364 g/mol. The lowest BCUT2D eigenvalue weighted by atomic mass is 9.95. The van der Waals surface area contributed by atoms with Crippen LogP contribution < -0.4 is 4.74 Å². The van der Waals surface area contributed by atoms with E-state index in [1.807, 2.05) is 24.9 Å². The van der Waals surface area contributed by atoms with Gasteiger partial charge in [-0.15, -0.1) is 0 Å². The predicted molar refractivity (Wildman–Crippen MR) is 102 cm³/mol. The number of amides is 1. The number of aryl methyl sites for hydroxylation is 1. The molecule has 1 aromatic heterocycles. The van der Waals surface area contributed by atoms with Crippen LogP contribution in [0.25, 0.3) is 0 Å². The SMILES string of the molecule is COc1c(C)cnc(CN2CCC(C(=O)N3CCSCC3)CC2)c1C. The van der Waals surface area contributed by atoms with Crippen molar-refractivity contribution < 1.29 is 9.53 Å². The van der Waals surface area contributed by atoms with Gasteiger partial charge in [0.05, 0.1) is 12.8 Å². The number of pyridine rings is 1. The summed E-state index contributed by atoms with van der Waals surface area (Å²) in [5.74, 6) is 3.71. The molecule has 0 radical (unpaired) electrons. The Kier molecular flexibility index (Phi) is 6.23. The molecule has 1 aromatic rings. The second kappa shape index (κ2) is 8.41. The fourth-order valence-electron chi connectivity index (χ4n) is 3.82. The van der Waals surface area contributed by atoms with E-state index in [4.69, 9.17) is 4.74 Å². The van der Waals surface area contributed by atoms with E-state index in [1.54, 1.807) is 7.11 Å². The maximum absolute atomic E-state index is 12.7. The molecule has 5 nitrogen and oxygen atoms in total. The Morgan fingerprint density at radius 2 is 1.92 bits per heavy atom. The number of piperidine rings is 1. The molecule has 2 saturated heterocycles. The second-order valence-corrected chi connectivity index (χ2v) is 8.26. The summed E-state index contributed by atoms with van der Waals surface area (Å²) in [6.45, 7) is 8.74. The van der Waals surface area contributed by atoms with Gasteiger partial charge in [-0.05, 0) is 39.8 Å². The topological polar surface area (TPSA) is 45.7 Å². The standard InChI is InChI=1S/C19H29N3O2S/c1-14-12-20-17(15(2)18(14)24-3)13-21-6-4-16(5-7-21)19(23)22-8-10-25-11-9-22/h12,16H,4-11,13H2,1-3H3. The maximum Gasteiger partial charge on any atom is 0.225 e. The van der Waals surface area contributed by atoms with Crippen LogP contribution in [0.3, 0.4) is 0 Å². The molecule has 138 valence electrons. The van der Waals surface area contributed by atoms with Crippen molar-refractivity contribution in [2.45, 2.75) is 33.2 Å². The second-order valence-electron chi connectivity index (χ2n) is 7.03. The van der Waals surface area contributed by atoms with Crippen LogP contribution >= 0.6 is 11.8 Å². The van der Waals surface area contributed by atoms with E-state index in [2.05, 4.69) is 21.7 Å². The monoisotopic (exact) mass is 363 g/mol. The van der Waals surface area contributed by atoms with Crippen LogP contribution in [0.5, 0.6) is 5.75 Å². The molecule has 0 N–H and O–H groups in total. The molecule has 2 fully saturated rings. The highest BCUT2D eigenvalue weighted by molar-refractivity contribution is 7.99. The lowest BCUT2D eigenvalue weighted by molar-refractivity contribution is -0.136. The van der Waals surface area contributed by atoms with Gasteiger partial charge in [-0.1, -0.05) is 0 Å². The molecule has 6 heteroatoms. The number of aromatic nitrogens is 1. The molecular formula is C19H29N3O2S. The van der Waals surface area contributed by atoms with E-state index in [1.165, 1.54) is 0 Å². The third kappa shape index (κ3) is 4.29. The number of carbonyl (C=O) groups excluding carboxylic acids is 1. The molecule has 3 heterocycles. The number of thioether (sulfide) groups is 1. The third-order valence-electron chi connectivity index (χ3n) is 5.38. The molecule has 0 saturated carbocycles. The van der Waals surface area contributed by atoms with Gasteiger partial charge in [0.15, 0.2) is 0 Å². The van der Waals surface area contributed by atoms with Crippen molar-refractivity contribution in [3.8, 4) is 5.75 Å². The Hall–Kier alpha value is -1.27. The smallest absolute Gasteiger partial charge is 0.225 e. The van der Waals surface area contributed by atoms with Gasteiger partial charge in [-0.2, -0.15) is 11.8 Å². The number of ether oxygens (including phenoxy) is 1. The van der Waals surface area contributed by atoms with Gasteiger partial charge in [-0.25, -0.2) is 0 Å². The average Bonchev–Trinajstić information content (AvgIpc) is 2.65. The number of hydrogen-bond donors (Lipinski definition) is 0. The van der Waals surface area contributed by atoms with Gasteiger partial charge >= 0.3 is 0 Å². The van der Waals surface area contributed by atoms with Crippen LogP contribution in [-0.4, -0.2) is 65.5 Å². The fourth-order valence-corrected chi connectivity index (χ4v) is 4.73. The Labute approximate surface area is 155 Å². The number of hydrogen-bond acceptors (Lipinski definition) is 5. The molecule has 1 amide bonds. The zero-order valence-electron chi connectivity index (χ0n) is 15.6. The molecule has 0 spiro atoms. The van der Waals surface area contributed by atoms with E-state index in [-0.39, 0.29) is 5.92 Å². The van der Waals surface area contributed by atoms with E-state index in [0.29, 0.717) is 5.91 Å². The molecule has 0 aromatic carbocycles. The summed E-state index contributed by atoms with van der Waals surface area (Å²) in [5.41, 5.74) is 3.29. The van der Waals surface area contributed by atoms with Gasteiger partial charge in [0, 0.05) is 54.4 Å². The fraction of sp³-hybridized carbons (Fsp3) is 0.684. The van der Waals surface area contributed by atoms with E-state index < -0.39 is 0 Å². The van der Waals surface area contributed by atoms with Crippen molar-refractivity contribution in [1.29, 1.82) is 0 Å². The number of likely N-dealkylation sites (tertiary alicyclic amines) is 1. The van der Waals surface area contributed by atoms with Crippen LogP contribution in [0.2, 0.25) is 0 Å². The molecule has 0 bridgehead atoms. The lowest BCUT2D eigenvalue weighted by Gasteiger charge is -2.35. The first-order chi connectivity index (χ1) is 12.1. The summed E-state index contributed by atoms with van der Waals surface area (Å²) < 4.78 is 5.51. The lowest BCUT2D eigenvalue weighted by Crippen LogP contribution is -2.45. The Morgan fingerprint density at radius 3 is 2.56 bits per heavy atom. The molecule has 0 unspecified atom stereocenters. The van der Waals surface area contributed by atoms with Crippen molar-refractivity contribution in [3.63, 3.8) is 0 Å². The van der Waals surface area contributed by atoms with Gasteiger partial charge < -0.3 is 9.64 Å². The van der Waals surface area contributed by atoms with E-state index >= 15 is 0 Å². The molecule has 2 aliphatic heterocycles. The summed E-state index contributed by atoms with van der Waals surface area (Å²) in [7, 11) is 1.72. The third-order valence-corrected chi connectivity index (χ3v) is 6.33. The molecule has 0 aliphatic carbocycles. The molecule has 3 rings (SSSR count). The van der Waals surface area contributed by atoms with Gasteiger partial charge in [0.25, 0.3) is 0 Å². The predicted octanol–water partition coefficient (Wildman–Crippen LogP) is 2.49. The van der Waals surface area contributed by atoms with Crippen LogP contribution in [0.1, 0.15) is 29.7 Å². The molecule has 2 aliphatic rings. The van der Waals surface area contributed by atoms with Crippen LogP contribution in [0, 0.1) is 19.8 Å². The van der Waals surface area contributed by atoms with E-state index in [0.717, 1.165) is 79.6 Å².